The molecule has 9 atom stereocenters. The summed E-state index contributed by atoms with van der Waals surface area (Å²) in [6.45, 7) is 12.5. The number of aliphatic hydroxyl groups excluding tert-OH is 1. The van der Waals surface area contributed by atoms with Crippen molar-refractivity contribution in [2.75, 3.05) is 13.1 Å². The van der Waals surface area contributed by atoms with E-state index in [1.54, 1.807) is 27.7 Å². The Bertz CT molecular complexity index is 1600. The van der Waals surface area contributed by atoms with Crippen LogP contribution in [-0.4, -0.2) is 124 Å². The summed E-state index contributed by atoms with van der Waals surface area (Å²) in [6, 6.07) is -7.31. The molecule has 1 aromatic rings. The van der Waals surface area contributed by atoms with E-state index in [-0.39, 0.29) is 43.6 Å². The lowest BCUT2D eigenvalue weighted by atomic mass is 9.96. The van der Waals surface area contributed by atoms with Crippen LogP contribution in [0.4, 0.5) is 0 Å². The number of hydrogen-bond acceptors (Lipinski definition) is 11. The van der Waals surface area contributed by atoms with Crippen LogP contribution in [0.1, 0.15) is 86.8 Å². The van der Waals surface area contributed by atoms with Crippen LogP contribution >= 0.6 is 0 Å². The van der Waals surface area contributed by atoms with Gasteiger partial charge in [0.25, 0.3) is 0 Å². The summed E-state index contributed by atoms with van der Waals surface area (Å²) in [5, 5.41) is 28.4. The molecule has 59 heavy (non-hydrogen) atoms. The highest BCUT2D eigenvalue weighted by Gasteiger charge is 2.36. The van der Waals surface area contributed by atoms with Crippen LogP contribution in [0.25, 0.3) is 0 Å². The van der Waals surface area contributed by atoms with Crippen LogP contribution in [0.15, 0.2) is 17.5 Å². The maximum atomic E-state index is 13.7. The number of aromatic amines is 1. The second kappa shape index (κ2) is 25.5. The predicted molar refractivity (Wildman–Crippen MR) is 217 cm³/mol. The maximum Gasteiger partial charge on any atom is 0.245 e. The van der Waals surface area contributed by atoms with E-state index in [9.17, 15) is 43.5 Å². The van der Waals surface area contributed by atoms with Gasteiger partial charge in [-0.15, -0.1) is 0 Å². The average Bonchev–Trinajstić information content (AvgIpc) is 3.68. The Labute approximate surface area is 344 Å². The number of hydrogen-bond donors (Lipinski definition) is 12. The largest absolute Gasteiger partial charge is 0.391 e. The third kappa shape index (κ3) is 18.1. The fraction of sp³-hybridized carbons (Fsp3) is 0.676. The molecule has 0 radical (unpaired) electrons. The quantitative estimate of drug-likeness (QED) is 0.0248. The molecule has 0 unspecified atom stereocenters. The van der Waals surface area contributed by atoms with Gasteiger partial charge in [0.15, 0.2) is 5.96 Å². The first kappa shape index (κ1) is 51.2. The topological polar surface area (TPSA) is 360 Å². The van der Waals surface area contributed by atoms with Gasteiger partial charge >= 0.3 is 0 Å². The number of guanidine groups is 1. The second-order valence-electron chi connectivity index (χ2n) is 14.9. The number of aromatic nitrogens is 2. The number of nitrogens with zero attached hydrogens (tertiary/aromatic N) is 2. The zero-order valence-electron chi connectivity index (χ0n) is 35.2. The molecular weight excluding hydrogens is 770 g/mol. The Hall–Kier alpha value is -5.80. The summed E-state index contributed by atoms with van der Waals surface area (Å²) in [7, 11) is 0. The fourth-order valence-electron chi connectivity index (χ4n) is 5.73. The number of carbonyl (C=O) groups excluding carboxylic acids is 8. The van der Waals surface area contributed by atoms with Crippen molar-refractivity contribution in [3.05, 3.63) is 18.2 Å². The minimum atomic E-state index is -1.61. The number of amides is 8. The first-order valence-corrected chi connectivity index (χ1v) is 19.7. The Morgan fingerprint density at radius 3 is 1.80 bits per heavy atom. The Morgan fingerprint density at radius 2 is 1.29 bits per heavy atom. The SMILES string of the molecule is CC[C@H](C)[C@H](NC(=O)[C@H](CCCN=C(N)N)NC(=O)CNC(=O)[C@H](Cc1cnc[nH]1)NC(=O)[C@@H](NC(=O)[C@@H](NC(=O)[C@@H](NC(C)=O)[C@@H](C)CC)C(C)C)[C@@H](C)O)C(N)=O. The molecule has 0 saturated heterocycles. The molecule has 0 aliphatic carbocycles. The van der Waals surface area contributed by atoms with E-state index < -0.39 is 102 Å². The van der Waals surface area contributed by atoms with Crippen LogP contribution in [0, 0.1) is 17.8 Å². The molecule has 1 heterocycles. The van der Waals surface area contributed by atoms with Crippen molar-refractivity contribution in [1.82, 2.24) is 47.2 Å². The summed E-state index contributed by atoms with van der Waals surface area (Å²) in [4.78, 5) is 115. The minimum Gasteiger partial charge on any atom is -0.391 e. The summed E-state index contributed by atoms with van der Waals surface area (Å²) in [5.41, 5.74) is 16.7. The highest BCUT2D eigenvalue weighted by molar-refractivity contribution is 5.97. The number of aliphatic hydroxyl groups is 1. The van der Waals surface area contributed by atoms with Gasteiger partial charge in [0, 0.05) is 31.8 Å². The van der Waals surface area contributed by atoms with E-state index >= 15 is 0 Å². The van der Waals surface area contributed by atoms with Gasteiger partial charge in [-0.3, -0.25) is 43.3 Å². The average molecular weight is 836 g/mol. The molecule has 22 nitrogen and oxygen atoms in total. The summed E-state index contributed by atoms with van der Waals surface area (Å²) in [6.07, 6.45) is 2.49. The van der Waals surface area contributed by atoms with Crippen molar-refractivity contribution in [2.45, 2.75) is 130 Å². The molecule has 0 aliphatic rings. The van der Waals surface area contributed by atoms with Crippen LogP contribution < -0.4 is 54.4 Å². The Kier molecular flexibility index (Phi) is 22.2. The number of aliphatic imine (C=N–C) groups is 1. The van der Waals surface area contributed by atoms with Crippen molar-refractivity contribution in [1.29, 1.82) is 0 Å². The lowest BCUT2D eigenvalue weighted by Gasteiger charge is -2.30. The number of imidazole rings is 1. The van der Waals surface area contributed by atoms with Crippen LogP contribution in [0.3, 0.4) is 0 Å². The van der Waals surface area contributed by atoms with Gasteiger partial charge in [-0.25, -0.2) is 4.98 Å². The number of nitrogens with two attached hydrogens (primary N) is 3. The standard InChI is InChI=1S/C37H65N13O9/c1-9-19(5)28(31(38)54)49-33(56)24(12-11-13-42-37(39)40)46-26(53)16-43-32(55)25(14-23-15-41-17-44-23)47-36(59)30(21(7)51)50-34(57)27(18(3)4)48-35(58)29(20(6)10-2)45-22(8)52/h15,17-21,24-25,27-30,51H,9-14,16H2,1-8H3,(H2,38,54)(H,41,44)(H,43,55)(H,45,52)(H,46,53)(H,47,59)(H,48,58)(H,49,56)(H,50,57)(H4,39,40,42)/t19-,20-,21+,24-,25-,27-,28-,29-,30-/m0/s1. The highest BCUT2D eigenvalue weighted by atomic mass is 16.3. The number of carbonyl (C=O) groups is 8. The molecule has 22 heteroatoms. The van der Waals surface area contributed by atoms with Crippen molar-refractivity contribution in [3.63, 3.8) is 0 Å². The molecule has 0 spiro atoms. The van der Waals surface area contributed by atoms with Crippen molar-refractivity contribution in [2.24, 2.45) is 39.9 Å². The zero-order chi connectivity index (χ0) is 45.0. The van der Waals surface area contributed by atoms with Crippen molar-refractivity contribution < 1.29 is 43.5 Å². The van der Waals surface area contributed by atoms with E-state index in [0.29, 0.717) is 18.5 Å². The zero-order valence-corrected chi connectivity index (χ0v) is 35.2. The van der Waals surface area contributed by atoms with Crippen molar-refractivity contribution in [3.8, 4) is 0 Å². The maximum absolute atomic E-state index is 13.7. The molecule has 0 aromatic carbocycles. The first-order chi connectivity index (χ1) is 27.6. The van der Waals surface area contributed by atoms with E-state index in [2.05, 4.69) is 52.2 Å². The highest BCUT2D eigenvalue weighted by Crippen LogP contribution is 2.12. The number of rotatable bonds is 26. The van der Waals surface area contributed by atoms with Crippen LogP contribution in [0.2, 0.25) is 0 Å². The summed E-state index contributed by atoms with van der Waals surface area (Å²) >= 11 is 0. The second-order valence-corrected chi connectivity index (χ2v) is 14.9. The number of H-pyrrole nitrogens is 1. The van der Waals surface area contributed by atoms with Gasteiger partial charge < -0.3 is 64.5 Å². The van der Waals surface area contributed by atoms with E-state index in [1.807, 2.05) is 13.8 Å². The molecule has 15 N–H and O–H groups in total. The minimum absolute atomic E-state index is 0.0499. The van der Waals surface area contributed by atoms with Gasteiger partial charge in [0.2, 0.25) is 47.3 Å². The molecule has 0 bridgehead atoms. The molecule has 8 amide bonds. The summed E-state index contributed by atoms with van der Waals surface area (Å²) < 4.78 is 0. The first-order valence-electron chi connectivity index (χ1n) is 19.7. The lowest BCUT2D eigenvalue weighted by molar-refractivity contribution is -0.137. The van der Waals surface area contributed by atoms with E-state index in [4.69, 9.17) is 17.2 Å². The molecule has 0 fully saturated rings. The van der Waals surface area contributed by atoms with Gasteiger partial charge in [0.1, 0.15) is 36.3 Å². The summed E-state index contributed by atoms with van der Waals surface area (Å²) in [5.74, 6) is -7.16. The predicted octanol–water partition coefficient (Wildman–Crippen LogP) is -3.34. The monoisotopic (exact) mass is 836 g/mol. The Morgan fingerprint density at radius 1 is 0.729 bits per heavy atom. The third-order valence-electron chi connectivity index (χ3n) is 9.61. The third-order valence-corrected chi connectivity index (χ3v) is 9.61. The van der Waals surface area contributed by atoms with E-state index in [1.165, 1.54) is 26.4 Å². The number of primary amides is 1. The number of nitrogens with one attached hydrogen (secondary N) is 8. The molecule has 0 aliphatic heterocycles. The molecule has 1 rings (SSSR count). The van der Waals surface area contributed by atoms with Gasteiger partial charge in [-0.1, -0.05) is 54.4 Å². The van der Waals surface area contributed by atoms with E-state index in [0.717, 1.165) is 0 Å². The van der Waals surface area contributed by atoms with Crippen LogP contribution in [0.5, 0.6) is 0 Å². The fourth-order valence-corrected chi connectivity index (χ4v) is 5.73. The molecular formula is C37H65N13O9. The Balaban J connectivity index is 3.20. The lowest BCUT2D eigenvalue weighted by Crippen LogP contribution is -2.62. The molecule has 332 valence electrons. The van der Waals surface area contributed by atoms with Gasteiger partial charge in [-0.2, -0.15) is 0 Å². The molecule has 0 saturated carbocycles. The van der Waals surface area contributed by atoms with Gasteiger partial charge in [0.05, 0.1) is 19.0 Å². The van der Waals surface area contributed by atoms with Gasteiger partial charge in [-0.05, 0) is 37.5 Å². The molecule has 1 aromatic heterocycles. The smallest absolute Gasteiger partial charge is 0.245 e. The normalized spacial score (nSPS) is 15.6. The van der Waals surface area contributed by atoms with Crippen LogP contribution in [-0.2, 0) is 44.8 Å². The van der Waals surface area contributed by atoms with Crippen molar-refractivity contribution >= 4 is 53.2 Å².